The van der Waals surface area contributed by atoms with E-state index in [1.54, 1.807) is 12.1 Å². The van der Waals surface area contributed by atoms with Gasteiger partial charge in [0, 0.05) is 11.6 Å². The minimum Gasteiger partial charge on any atom is -0.344 e. The van der Waals surface area contributed by atoms with Crippen molar-refractivity contribution in [2.24, 2.45) is 0 Å². The van der Waals surface area contributed by atoms with E-state index in [0.717, 1.165) is 11.1 Å². The molecule has 0 unspecified atom stereocenters. The summed E-state index contributed by atoms with van der Waals surface area (Å²) in [5.74, 6) is -1.53. The van der Waals surface area contributed by atoms with Crippen LogP contribution in [0.15, 0.2) is 42.5 Å². The first-order valence-corrected chi connectivity index (χ1v) is 7.31. The third kappa shape index (κ3) is 4.23. The van der Waals surface area contributed by atoms with Crippen LogP contribution >= 0.6 is 23.2 Å². The lowest BCUT2D eigenvalue weighted by Gasteiger charge is -2.09. The van der Waals surface area contributed by atoms with Crippen LogP contribution in [0, 0.1) is 6.92 Å². The van der Waals surface area contributed by atoms with Gasteiger partial charge in [-0.3, -0.25) is 9.59 Å². The Bertz CT molecular complexity index is 717. The Morgan fingerprint density at radius 1 is 1.05 bits per heavy atom. The highest BCUT2D eigenvalue weighted by Gasteiger charge is 2.15. The standard InChI is InChI=1S/C16H14Cl2N2O2/c1-10-4-2-3-5-11(10)9-19-15(21)16(22)20-14-8-12(17)6-7-13(14)18/h2-8H,9H2,1H3,(H,19,21)(H,20,22). The monoisotopic (exact) mass is 336 g/mol. The molecule has 0 aliphatic heterocycles. The fourth-order valence-electron chi connectivity index (χ4n) is 1.84. The Morgan fingerprint density at radius 3 is 2.50 bits per heavy atom. The van der Waals surface area contributed by atoms with Gasteiger partial charge in [0.2, 0.25) is 0 Å². The molecule has 0 radical (unpaired) electrons. The molecule has 0 saturated carbocycles. The van der Waals surface area contributed by atoms with E-state index in [1.165, 1.54) is 6.07 Å². The number of halogens is 2. The molecule has 114 valence electrons. The number of carbonyl (C=O) groups excluding carboxylic acids is 2. The van der Waals surface area contributed by atoms with Crippen molar-refractivity contribution in [3.05, 3.63) is 63.6 Å². The fraction of sp³-hybridized carbons (Fsp3) is 0.125. The van der Waals surface area contributed by atoms with Crippen LogP contribution in [0.2, 0.25) is 10.0 Å². The number of aryl methyl sites for hydroxylation is 1. The summed E-state index contributed by atoms with van der Waals surface area (Å²) in [5, 5.41) is 5.73. The van der Waals surface area contributed by atoms with Crippen LogP contribution in [-0.2, 0) is 16.1 Å². The minimum absolute atomic E-state index is 0.280. The molecule has 0 aromatic heterocycles. The maximum atomic E-state index is 11.9. The molecule has 0 spiro atoms. The van der Waals surface area contributed by atoms with Gasteiger partial charge in [0.1, 0.15) is 0 Å². The summed E-state index contributed by atoms with van der Waals surface area (Å²) >= 11 is 11.8. The van der Waals surface area contributed by atoms with Gasteiger partial charge in [0.25, 0.3) is 0 Å². The molecule has 2 aromatic carbocycles. The second kappa shape index (κ2) is 7.29. The lowest BCUT2D eigenvalue weighted by Crippen LogP contribution is -2.35. The van der Waals surface area contributed by atoms with Crippen molar-refractivity contribution in [1.82, 2.24) is 5.32 Å². The lowest BCUT2D eigenvalue weighted by atomic mass is 10.1. The normalized spacial score (nSPS) is 10.1. The van der Waals surface area contributed by atoms with E-state index >= 15 is 0 Å². The second-order valence-electron chi connectivity index (χ2n) is 4.69. The number of hydrogen-bond donors (Lipinski definition) is 2. The van der Waals surface area contributed by atoms with Crippen molar-refractivity contribution < 1.29 is 9.59 Å². The molecule has 0 atom stereocenters. The van der Waals surface area contributed by atoms with E-state index < -0.39 is 11.8 Å². The van der Waals surface area contributed by atoms with E-state index in [2.05, 4.69) is 10.6 Å². The van der Waals surface area contributed by atoms with Gasteiger partial charge in [0.05, 0.1) is 10.7 Å². The van der Waals surface area contributed by atoms with Crippen molar-refractivity contribution in [2.75, 3.05) is 5.32 Å². The van der Waals surface area contributed by atoms with Crippen molar-refractivity contribution in [1.29, 1.82) is 0 Å². The Balaban J connectivity index is 1.97. The van der Waals surface area contributed by atoms with Crippen molar-refractivity contribution in [3.63, 3.8) is 0 Å². The van der Waals surface area contributed by atoms with Crippen LogP contribution in [-0.4, -0.2) is 11.8 Å². The van der Waals surface area contributed by atoms with Gasteiger partial charge in [-0.1, -0.05) is 47.5 Å². The number of hydrogen-bond acceptors (Lipinski definition) is 2. The molecule has 0 saturated heterocycles. The molecule has 2 rings (SSSR count). The Hall–Kier alpha value is -2.04. The molecule has 2 N–H and O–H groups in total. The van der Waals surface area contributed by atoms with Gasteiger partial charge in [-0.25, -0.2) is 0 Å². The van der Waals surface area contributed by atoms with E-state index in [0.29, 0.717) is 15.7 Å². The number of rotatable bonds is 3. The van der Waals surface area contributed by atoms with Gasteiger partial charge < -0.3 is 10.6 Å². The first-order valence-electron chi connectivity index (χ1n) is 6.56. The smallest absolute Gasteiger partial charge is 0.313 e. The predicted octanol–water partition coefficient (Wildman–Crippen LogP) is 3.56. The van der Waals surface area contributed by atoms with Crippen molar-refractivity contribution in [2.45, 2.75) is 13.5 Å². The molecular weight excluding hydrogens is 323 g/mol. The Kier molecular flexibility index (Phi) is 5.41. The van der Waals surface area contributed by atoms with Crippen LogP contribution < -0.4 is 10.6 Å². The molecule has 0 aliphatic carbocycles. The molecule has 0 bridgehead atoms. The summed E-state index contributed by atoms with van der Waals surface area (Å²) in [6, 6.07) is 12.2. The molecule has 2 amide bonds. The van der Waals surface area contributed by atoms with Crippen molar-refractivity contribution >= 4 is 40.7 Å². The third-order valence-corrected chi connectivity index (χ3v) is 3.65. The quantitative estimate of drug-likeness (QED) is 0.842. The number of anilines is 1. The summed E-state index contributed by atoms with van der Waals surface area (Å²) < 4.78 is 0. The molecule has 0 aliphatic rings. The van der Waals surface area contributed by atoms with Gasteiger partial charge >= 0.3 is 11.8 Å². The zero-order chi connectivity index (χ0) is 16.1. The average Bonchev–Trinajstić information content (AvgIpc) is 2.49. The molecule has 0 fully saturated rings. The summed E-state index contributed by atoms with van der Waals surface area (Å²) in [6.45, 7) is 2.22. The number of amides is 2. The van der Waals surface area contributed by atoms with Crippen LogP contribution in [0.4, 0.5) is 5.69 Å². The van der Waals surface area contributed by atoms with Gasteiger partial charge in [0.15, 0.2) is 0 Å². The van der Waals surface area contributed by atoms with E-state index in [-0.39, 0.29) is 6.54 Å². The maximum Gasteiger partial charge on any atom is 0.313 e. The zero-order valence-electron chi connectivity index (χ0n) is 11.8. The van der Waals surface area contributed by atoms with Crippen LogP contribution in [0.3, 0.4) is 0 Å². The highest BCUT2D eigenvalue weighted by Crippen LogP contribution is 2.25. The molecule has 0 heterocycles. The van der Waals surface area contributed by atoms with Gasteiger partial charge in [-0.05, 0) is 36.2 Å². The number of carbonyl (C=O) groups is 2. The van der Waals surface area contributed by atoms with Gasteiger partial charge in [-0.15, -0.1) is 0 Å². The zero-order valence-corrected chi connectivity index (χ0v) is 13.3. The number of benzene rings is 2. The highest BCUT2D eigenvalue weighted by molar-refractivity contribution is 6.42. The van der Waals surface area contributed by atoms with Gasteiger partial charge in [-0.2, -0.15) is 0 Å². The predicted molar refractivity (Wildman–Crippen MR) is 88.1 cm³/mol. The minimum atomic E-state index is -0.794. The largest absolute Gasteiger partial charge is 0.344 e. The first-order chi connectivity index (χ1) is 10.5. The maximum absolute atomic E-state index is 11.9. The molecule has 6 heteroatoms. The molecule has 22 heavy (non-hydrogen) atoms. The molecule has 2 aromatic rings. The highest BCUT2D eigenvalue weighted by atomic mass is 35.5. The Labute approximate surface area is 138 Å². The summed E-state index contributed by atoms with van der Waals surface area (Å²) in [5.41, 5.74) is 2.29. The second-order valence-corrected chi connectivity index (χ2v) is 5.53. The average molecular weight is 337 g/mol. The number of nitrogens with one attached hydrogen (secondary N) is 2. The van der Waals surface area contributed by atoms with Crippen molar-refractivity contribution in [3.8, 4) is 0 Å². The van der Waals surface area contributed by atoms with Crippen LogP contribution in [0.25, 0.3) is 0 Å². The SMILES string of the molecule is Cc1ccccc1CNC(=O)C(=O)Nc1cc(Cl)ccc1Cl. The summed E-state index contributed by atoms with van der Waals surface area (Å²) in [7, 11) is 0. The van der Waals surface area contributed by atoms with E-state index in [4.69, 9.17) is 23.2 Å². The summed E-state index contributed by atoms with van der Waals surface area (Å²) in [6.07, 6.45) is 0. The lowest BCUT2D eigenvalue weighted by molar-refractivity contribution is -0.136. The summed E-state index contributed by atoms with van der Waals surface area (Å²) in [4.78, 5) is 23.7. The van der Waals surface area contributed by atoms with Crippen LogP contribution in [0.1, 0.15) is 11.1 Å². The third-order valence-electron chi connectivity index (χ3n) is 3.08. The molecular formula is C16H14Cl2N2O2. The first kappa shape index (κ1) is 16.3. The Morgan fingerprint density at radius 2 is 1.77 bits per heavy atom. The topological polar surface area (TPSA) is 58.2 Å². The fourth-order valence-corrected chi connectivity index (χ4v) is 2.17. The van der Waals surface area contributed by atoms with Crippen LogP contribution in [0.5, 0.6) is 0 Å². The molecule has 4 nitrogen and oxygen atoms in total. The van der Waals surface area contributed by atoms with E-state index in [1.807, 2.05) is 31.2 Å². The van der Waals surface area contributed by atoms with E-state index in [9.17, 15) is 9.59 Å².